The van der Waals surface area contributed by atoms with E-state index in [1.165, 1.54) is 0 Å². The highest BCUT2D eigenvalue weighted by atomic mass is 16.4. The Morgan fingerprint density at radius 2 is 2.00 bits per heavy atom. The van der Waals surface area contributed by atoms with E-state index in [1.807, 2.05) is 24.3 Å². The first-order valence-corrected chi connectivity index (χ1v) is 5.53. The maximum atomic E-state index is 8.72. The van der Waals surface area contributed by atoms with Crippen LogP contribution in [0.1, 0.15) is 5.82 Å². The van der Waals surface area contributed by atoms with Crippen LogP contribution in [0.15, 0.2) is 48.0 Å². The summed E-state index contributed by atoms with van der Waals surface area (Å²) in [6.45, 7) is 0. The lowest BCUT2D eigenvalue weighted by atomic mass is 10.3. The van der Waals surface area contributed by atoms with E-state index >= 15 is 0 Å². The third-order valence-corrected chi connectivity index (χ3v) is 2.66. The minimum absolute atomic E-state index is 0.0834. The zero-order chi connectivity index (χ0) is 13.2. The quantitative estimate of drug-likeness (QED) is 0.306. The van der Waals surface area contributed by atoms with Crippen LogP contribution >= 0.6 is 0 Å². The van der Waals surface area contributed by atoms with Gasteiger partial charge >= 0.3 is 0 Å². The molecule has 2 aromatic heterocycles. The van der Waals surface area contributed by atoms with Crippen LogP contribution in [0.5, 0.6) is 0 Å². The molecule has 0 aliphatic carbocycles. The summed E-state index contributed by atoms with van der Waals surface area (Å²) in [4.78, 5) is 12.8. The highest BCUT2D eigenvalue weighted by molar-refractivity contribution is 5.94. The molecule has 0 spiro atoms. The molecule has 0 unspecified atom stereocenters. The second kappa shape index (κ2) is 4.37. The van der Waals surface area contributed by atoms with Crippen molar-refractivity contribution < 1.29 is 5.21 Å². The van der Waals surface area contributed by atoms with Gasteiger partial charge in [0.15, 0.2) is 11.6 Å². The van der Waals surface area contributed by atoms with E-state index in [2.05, 4.69) is 20.1 Å². The average Bonchev–Trinajstić information content (AvgIpc) is 2.95. The lowest BCUT2D eigenvalue weighted by Gasteiger charge is -2.06. The van der Waals surface area contributed by atoms with E-state index in [0.717, 1.165) is 11.0 Å². The monoisotopic (exact) mass is 254 g/mol. The van der Waals surface area contributed by atoms with Crippen molar-refractivity contribution in [1.82, 2.24) is 19.5 Å². The van der Waals surface area contributed by atoms with Gasteiger partial charge in [0, 0.05) is 12.4 Å². The molecular formula is C12H10N6O. The molecule has 19 heavy (non-hydrogen) atoms. The van der Waals surface area contributed by atoms with Gasteiger partial charge in [-0.15, -0.1) is 0 Å². The van der Waals surface area contributed by atoms with Crippen LogP contribution in [-0.4, -0.2) is 30.6 Å². The van der Waals surface area contributed by atoms with Crippen molar-refractivity contribution in [2.45, 2.75) is 0 Å². The van der Waals surface area contributed by atoms with E-state index in [-0.39, 0.29) is 5.84 Å². The number of fused-ring (bicyclic) bond motifs is 1. The van der Waals surface area contributed by atoms with Crippen LogP contribution in [0.3, 0.4) is 0 Å². The Morgan fingerprint density at radius 1 is 1.21 bits per heavy atom. The topological polar surface area (TPSA) is 102 Å². The van der Waals surface area contributed by atoms with Crippen LogP contribution < -0.4 is 5.73 Å². The number of nitrogens with zero attached hydrogens (tertiary/aromatic N) is 5. The van der Waals surface area contributed by atoms with Gasteiger partial charge in [-0.1, -0.05) is 17.3 Å². The molecular weight excluding hydrogens is 244 g/mol. The maximum Gasteiger partial charge on any atom is 0.206 e. The zero-order valence-corrected chi connectivity index (χ0v) is 9.80. The molecule has 0 amide bonds. The van der Waals surface area contributed by atoms with Crippen molar-refractivity contribution in [2.75, 3.05) is 0 Å². The number of imidazole rings is 1. The molecule has 0 saturated heterocycles. The van der Waals surface area contributed by atoms with Gasteiger partial charge in [-0.3, -0.25) is 9.55 Å². The Kier molecular flexibility index (Phi) is 2.57. The Balaban J connectivity index is 2.17. The molecule has 0 aliphatic rings. The normalized spacial score (nSPS) is 11.9. The molecule has 0 fully saturated rings. The standard InChI is InChI=1S/C12H10N6O/c13-11(17-19)12-14-5-6-18(12)10-7-15-8-3-1-2-4-9(8)16-10/h1-7,19H,(H2,13,17). The molecule has 0 saturated carbocycles. The molecule has 94 valence electrons. The minimum Gasteiger partial charge on any atom is -0.409 e. The third kappa shape index (κ3) is 1.86. The highest BCUT2D eigenvalue weighted by Crippen LogP contribution is 2.12. The summed E-state index contributed by atoms with van der Waals surface area (Å²) in [6, 6.07) is 7.53. The number of rotatable bonds is 2. The summed E-state index contributed by atoms with van der Waals surface area (Å²) in [7, 11) is 0. The number of aromatic nitrogens is 4. The predicted octanol–water partition coefficient (Wildman–Crippen LogP) is 0.910. The number of amidine groups is 1. The smallest absolute Gasteiger partial charge is 0.206 e. The van der Waals surface area contributed by atoms with Crippen molar-refractivity contribution in [3.8, 4) is 5.82 Å². The van der Waals surface area contributed by atoms with Crippen molar-refractivity contribution in [3.63, 3.8) is 0 Å². The number of nitrogens with two attached hydrogens (primary N) is 1. The fraction of sp³-hybridized carbons (Fsp3) is 0. The van der Waals surface area contributed by atoms with Crippen LogP contribution in [0.4, 0.5) is 0 Å². The first kappa shape index (κ1) is 11.1. The lowest BCUT2D eigenvalue weighted by molar-refractivity contribution is 0.318. The number of benzene rings is 1. The molecule has 7 nitrogen and oxygen atoms in total. The number of hydrogen-bond acceptors (Lipinski definition) is 5. The molecule has 0 bridgehead atoms. The summed E-state index contributed by atoms with van der Waals surface area (Å²) >= 11 is 0. The molecule has 1 aromatic carbocycles. The summed E-state index contributed by atoms with van der Waals surface area (Å²) in [6.07, 6.45) is 4.83. The van der Waals surface area contributed by atoms with Crippen LogP contribution in [0, 0.1) is 0 Å². The van der Waals surface area contributed by atoms with Crippen molar-refractivity contribution in [3.05, 3.63) is 48.7 Å². The van der Waals surface area contributed by atoms with Gasteiger partial charge in [0.1, 0.15) is 0 Å². The van der Waals surface area contributed by atoms with Crippen LogP contribution in [-0.2, 0) is 0 Å². The third-order valence-electron chi connectivity index (χ3n) is 2.66. The van der Waals surface area contributed by atoms with E-state index in [9.17, 15) is 0 Å². The van der Waals surface area contributed by atoms with Gasteiger partial charge in [-0.2, -0.15) is 0 Å². The summed E-state index contributed by atoms with van der Waals surface area (Å²) in [5, 5.41) is 11.7. The van der Waals surface area contributed by atoms with Gasteiger partial charge < -0.3 is 10.9 Å². The zero-order valence-electron chi connectivity index (χ0n) is 9.80. The summed E-state index contributed by atoms with van der Waals surface area (Å²) < 4.78 is 1.61. The van der Waals surface area contributed by atoms with E-state index < -0.39 is 0 Å². The van der Waals surface area contributed by atoms with Crippen molar-refractivity contribution in [2.24, 2.45) is 10.9 Å². The Labute approximate surface area is 108 Å². The molecule has 3 rings (SSSR count). The predicted molar refractivity (Wildman–Crippen MR) is 69.2 cm³/mol. The van der Waals surface area contributed by atoms with Gasteiger partial charge in [0.25, 0.3) is 0 Å². The molecule has 2 heterocycles. The largest absolute Gasteiger partial charge is 0.409 e. The van der Waals surface area contributed by atoms with Crippen molar-refractivity contribution in [1.29, 1.82) is 0 Å². The van der Waals surface area contributed by atoms with E-state index in [4.69, 9.17) is 10.9 Å². The lowest BCUT2D eigenvalue weighted by Crippen LogP contribution is -2.19. The first-order valence-electron chi connectivity index (χ1n) is 5.53. The summed E-state index contributed by atoms with van der Waals surface area (Å²) in [5.41, 5.74) is 7.12. The SMILES string of the molecule is NC(=NO)c1nccn1-c1cnc2ccccc2n1. The molecule has 7 heteroatoms. The first-order chi connectivity index (χ1) is 9.29. The van der Waals surface area contributed by atoms with Gasteiger partial charge in [0.2, 0.25) is 5.84 Å². The van der Waals surface area contributed by atoms with Crippen LogP contribution in [0.2, 0.25) is 0 Å². The molecule has 0 atom stereocenters. The second-order valence-electron chi connectivity index (χ2n) is 3.82. The Morgan fingerprint density at radius 3 is 2.79 bits per heavy atom. The number of oxime groups is 1. The van der Waals surface area contributed by atoms with Gasteiger partial charge in [0.05, 0.1) is 17.2 Å². The molecule has 0 radical (unpaired) electrons. The van der Waals surface area contributed by atoms with Gasteiger partial charge in [-0.05, 0) is 12.1 Å². The Bertz CT molecular complexity index is 764. The molecule has 0 aliphatic heterocycles. The molecule has 3 N–H and O–H groups in total. The average molecular weight is 254 g/mol. The fourth-order valence-corrected chi connectivity index (χ4v) is 1.79. The second-order valence-corrected chi connectivity index (χ2v) is 3.82. The summed E-state index contributed by atoms with van der Waals surface area (Å²) in [5.74, 6) is 0.782. The number of para-hydroxylation sites is 2. The van der Waals surface area contributed by atoms with Crippen LogP contribution in [0.25, 0.3) is 16.9 Å². The minimum atomic E-state index is -0.0834. The fourth-order valence-electron chi connectivity index (χ4n) is 1.79. The van der Waals surface area contributed by atoms with Crippen molar-refractivity contribution >= 4 is 16.9 Å². The Hall–Kier alpha value is -2.96. The van der Waals surface area contributed by atoms with Gasteiger partial charge in [-0.25, -0.2) is 9.97 Å². The highest BCUT2D eigenvalue weighted by Gasteiger charge is 2.11. The van der Waals surface area contributed by atoms with E-state index in [1.54, 1.807) is 23.2 Å². The molecule has 3 aromatic rings. The van der Waals surface area contributed by atoms with E-state index in [0.29, 0.717) is 11.6 Å². The number of hydrogen-bond donors (Lipinski definition) is 2. The maximum absolute atomic E-state index is 8.72.